The highest BCUT2D eigenvalue weighted by atomic mass is 16.6. The quantitative estimate of drug-likeness (QED) is 0.190. The monoisotopic (exact) mass is 586 g/mol. The van der Waals surface area contributed by atoms with Gasteiger partial charge >= 0.3 is 12.2 Å². The minimum Gasteiger partial charge on any atom is -0.444 e. The SMILES string of the molecule is CC(NC(=O)OC(C)(C)C)c1nc2ccc(C#Cc3ccc4nc(C(NC(=O)OC(C)(C)C)C(C)(C)C)[nH]c4c3)cc2[nH]1. The van der Waals surface area contributed by atoms with Crippen LogP contribution in [0.2, 0.25) is 0 Å². The van der Waals surface area contributed by atoms with Gasteiger partial charge in [-0.2, -0.15) is 0 Å². The smallest absolute Gasteiger partial charge is 0.408 e. The first-order valence-electron chi connectivity index (χ1n) is 14.4. The number of carbonyl (C=O) groups excluding carboxylic acids is 2. The second-order valence-electron chi connectivity index (χ2n) is 13.8. The lowest BCUT2D eigenvalue weighted by Gasteiger charge is -2.31. The Labute approximate surface area is 252 Å². The van der Waals surface area contributed by atoms with Gasteiger partial charge in [0.15, 0.2) is 0 Å². The largest absolute Gasteiger partial charge is 0.444 e. The number of alkyl carbamates (subject to hydrolysis) is 2. The number of aromatic amines is 2. The Morgan fingerprint density at radius 2 is 1.16 bits per heavy atom. The summed E-state index contributed by atoms with van der Waals surface area (Å²) in [6.45, 7) is 18.9. The van der Waals surface area contributed by atoms with Crippen molar-refractivity contribution in [1.29, 1.82) is 0 Å². The van der Waals surface area contributed by atoms with Gasteiger partial charge in [0.2, 0.25) is 0 Å². The van der Waals surface area contributed by atoms with Crippen molar-refractivity contribution in [2.75, 3.05) is 0 Å². The van der Waals surface area contributed by atoms with Crippen LogP contribution in [0.25, 0.3) is 22.1 Å². The van der Waals surface area contributed by atoms with E-state index >= 15 is 0 Å². The summed E-state index contributed by atoms with van der Waals surface area (Å²) in [7, 11) is 0. The van der Waals surface area contributed by atoms with E-state index in [-0.39, 0.29) is 11.5 Å². The lowest BCUT2D eigenvalue weighted by atomic mass is 9.86. The predicted molar refractivity (Wildman–Crippen MR) is 168 cm³/mol. The molecule has 0 bridgehead atoms. The molecule has 0 radical (unpaired) electrons. The van der Waals surface area contributed by atoms with Gasteiger partial charge in [-0.25, -0.2) is 19.6 Å². The number of carbonyl (C=O) groups is 2. The molecular weight excluding hydrogens is 544 g/mol. The standard InChI is InChI=1S/C33H42N6O4/c1-19(34-29(40)42-32(5,6)7)27-35-22-15-13-20(17-24(22)37-27)11-12-21-14-16-23-25(18-21)38-28(36-23)26(31(2,3)4)39-30(41)43-33(8,9)10/h13-19,26H,1-10H3,(H,34,40)(H,35,37)(H,36,38)(H,39,41). The van der Waals surface area contributed by atoms with Gasteiger partial charge in [-0.15, -0.1) is 0 Å². The molecule has 10 nitrogen and oxygen atoms in total. The molecule has 2 heterocycles. The third-order valence-corrected chi connectivity index (χ3v) is 6.30. The number of ether oxygens (including phenoxy) is 2. The van der Waals surface area contributed by atoms with Crippen molar-refractivity contribution in [3.05, 3.63) is 59.2 Å². The maximum atomic E-state index is 12.6. The first-order chi connectivity index (χ1) is 19.9. The highest BCUT2D eigenvalue weighted by Crippen LogP contribution is 2.33. The summed E-state index contributed by atoms with van der Waals surface area (Å²) in [6.07, 6.45) is -0.990. The van der Waals surface area contributed by atoms with Crippen molar-refractivity contribution in [1.82, 2.24) is 30.6 Å². The Balaban J connectivity index is 1.52. The van der Waals surface area contributed by atoms with E-state index in [9.17, 15) is 9.59 Å². The van der Waals surface area contributed by atoms with E-state index in [1.807, 2.05) is 106 Å². The number of hydrogen-bond acceptors (Lipinski definition) is 6. The van der Waals surface area contributed by atoms with Crippen molar-refractivity contribution < 1.29 is 19.1 Å². The van der Waals surface area contributed by atoms with Crippen LogP contribution in [-0.2, 0) is 9.47 Å². The summed E-state index contributed by atoms with van der Waals surface area (Å²) in [6, 6.07) is 10.8. The summed E-state index contributed by atoms with van der Waals surface area (Å²) >= 11 is 0. The number of imidazole rings is 2. The van der Waals surface area contributed by atoms with E-state index < -0.39 is 29.4 Å². The maximum Gasteiger partial charge on any atom is 0.408 e. The Morgan fingerprint density at radius 1 is 0.721 bits per heavy atom. The topological polar surface area (TPSA) is 134 Å². The van der Waals surface area contributed by atoms with E-state index in [2.05, 4.69) is 37.4 Å². The molecule has 0 saturated heterocycles. The van der Waals surface area contributed by atoms with Crippen molar-refractivity contribution in [3.63, 3.8) is 0 Å². The zero-order chi connectivity index (χ0) is 31.7. The number of rotatable bonds is 4. The molecule has 2 unspecified atom stereocenters. The summed E-state index contributed by atoms with van der Waals surface area (Å²) in [5.41, 5.74) is 3.33. The van der Waals surface area contributed by atoms with Gasteiger partial charge in [-0.3, -0.25) is 0 Å². The summed E-state index contributed by atoms with van der Waals surface area (Å²) in [5.74, 6) is 7.72. The molecule has 4 N–H and O–H groups in total. The van der Waals surface area contributed by atoms with Crippen LogP contribution in [0.4, 0.5) is 9.59 Å². The van der Waals surface area contributed by atoms with Gasteiger partial charge in [0, 0.05) is 11.1 Å². The van der Waals surface area contributed by atoms with Gasteiger partial charge in [-0.1, -0.05) is 32.6 Å². The number of nitrogens with one attached hydrogen (secondary N) is 4. The minimum atomic E-state index is -0.602. The molecule has 0 spiro atoms. The molecule has 2 aromatic heterocycles. The third kappa shape index (κ3) is 8.51. The Hall–Kier alpha value is -4.52. The number of nitrogens with zero attached hydrogens (tertiary/aromatic N) is 2. The average Bonchev–Trinajstić information content (AvgIpc) is 3.46. The van der Waals surface area contributed by atoms with Crippen LogP contribution in [0.1, 0.15) is 104 Å². The lowest BCUT2D eigenvalue weighted by Crippen LogP contribution is -2.40. The average molecular weight is 587 g/mol. The number of hydrogen-bond donors (Lipinski definition) is 4. The second-order valence-corrected chi connectivity index (χ2v) is 13.8. The molecule has 2 amide bonds. The molecule has 228 valence electrons. The van der Waals surface area contributed by atoms with Gasteiger partial charge < -0.3 is 30.1 Å². The fourth-order valence-electron chi connectivity index (χ4n) is 4.37. The van der Waals surface area contributed by atoms with Crippen molar-refractivity contribution >= 4 is 34.3 Å². The van der Waals surface area contributed by atoms with Crippen LogP contribution in [0.15, 0.2) is 36.4 Å². The number of benzene rings is 2. The third-order valence-electron chi connectivity index (χ3n) is 6.30. The molecule has 43 heavy (non-hydrogen) atoms. The Bertz CT molecular complexity index is 1700. The van der Waals surface area contributed by atoms with E-state index in [0.717, 1.165) is 33.2 Å². The van der Waals surface area contributed by atoms with E-state index in [4.69, 9.17) is 14.5 Å². The zero-order valence-electron chi connectivity index (χ0n) is 26.6. The molecule has 10 heteroatoms. The summed E-state index contributed by atoms with van der Waals surface area (Å²) in [5, 5.41) is 5.78. The highest BCUT2D eigenvalue weighted by molar-refractivity contribution is 5.79. The Kier molecular flexibility index (Phi) is 8.50. The molecule has 0 aliphatic rings. The molecule has 0 aliphatic heterocycles. The molecule has 0 fully saturated rings. The first kappa shape index (κ1) is 31.4. The highest BCUT2D eigenvalue weighted by Gasteiger charge is 2.32. The molecule has 4 rings (SSSR count). The van der Waals surface area contributed by atoms with Crippen LogP contribution >= 0.6 is 0 Å². The zero-order valence-corrected chi connectivity index (χ0v) is 26.6. The van der Waals surface area contributed by atoms with E-state index in [1.54, 1.807) is 0 Å². The molecule has 0 saturated carbocycles. The van der Waals surface area contributed by atoms with Gasteiger partial charge in [0.05, 0.1) is 34.2 Å². The summed E-state index contributed by atoms with van der Waals surface area (Å²) in [4.78, 5) is 40.7. The Morgan fingerprint density at radius 3 is 1.63 bits per heavy atom. The minimum absolute atomic E-state index is 0.317. The second kappa shape index (κ2) is 11.6. The van der Waals surface area contributed by atoms with Crippen LogP contribution in [0, 0.1) is 17.3 Å². The molecule has 0 aliphatic carbocycles. The predicted octanol–water partition coefficient (Wildman–Crippen LogP) is 7.04. The first-order valence-corrected chi connectivity index (χ1v) is 14.4. The molecule has 2 aromatic carbocycles. The van der Waals surface area contributed by atoms with Gasteiger partial charge in [0.25, 0.3) is 0 Å². The van der Waals surface area contributed by atoms with Crippen molar-refractivity contribution in [2.45, 2.75) is 92.5 Å². The number of amides is 2. The van der Waals surface area contributed by atoms with Crippen LogP contribution < -0.4 is 10.6 Å². The number of aromatic nitrogens is 4. The normalized spacial score (nSPS) is 13.6. The number of fused-ring (bicyclic) bond motifs is 2. The van der Waals surface area contributed by atoms with E-state index in [0.29, 0.717) is 11.6 Å². The van der Waals surface area contributed by atoms with Crippen LogP contribution in [-0.4, -0.2) is 43.3 Å². The fourth-order valence-corrected chi connectivity index (χ4v) is 4.37. The van der Waals surface area contributed by atoms with Gasteiger partial charge in [-0.05, 0) is 90.3 Å². The molecular formula is C33H42N6O4. The summed E-state index contributed by atoms with van der Waals surface area (Å²) < 4.78 is 10.8. The van der Waals surface area contributed by atoms with Crippen LogP contribution in [0.5, 0.6) is 0 Å². The van der Waals surface area contributed by atoms with Gasteiger partial charge in [0.1, 0.15) is 22.9 Å². The van der Waals surface area contributed by atoms with Crippen LogP contribution in [0.3, 0.4) is 0 Å². The molecule has 4 aromatic rings. The maximum absolute atomic E-state index is 12.6. The lowest BCUT2D eigenvalue weighted by molar-refractivity contribution is 0.0456. The van der Waals surface area contributed by atoms with Crippen molar-refractivity contribution in [2.24, 2.45) is 5.41 Å². The number of H-pyrrole nitrogens is 2. The molecule has 2 atom stereocenters. The van der Waals surface area contributed by atoms with Crippen molar-refractivity contribution in [3.8, 4) is 11.8 Å². The fraction of sp³-hybridized carbons (Fsp3) is 0.455. The van der Waals surface area contributed by atoms with E-state index in [1.165, 1.54) is 0 Å².